The molecule has 72 valence electrons. The standard InChI is InChI=1S/C8H12N2O2S/c1-3-4-5-6(7(11)12)9-8(13)10(5)2/h3-4H2,1-2H3,(H,9,13)(H,11,12). The molecule has 5 heteroatoms. The maximum Gasteiger partial charge on any atom is 0.354 e. The summed E-state index contributed by atoms with van der Waals surface area (Å²) >= 11 is 4.94. The molecule has 4 nitrogen and oxygen atoms in total. The van der Waals surface area contributed by atoms with E-state index in [9.17, 15) is 4.79 Å². The van der Waals surface area contributed by atoms with Crippen molar-refractivity contribution in [2.24, 2.45) is 7.05 Å². The summed E-state index contributed by atoms with van der Waals surface area (Å²) in [5.74, 6) is -0.949. The van der Waals surface area contributed by atoms with Gasteiger partial charge in [0.25, 0.3) is 0 Å². The number of hydrogen-bond donors (Lipinski definition) is 2. The van der Waals surface area contributed by atoms with Crippen LogP contribution in [0.5, 0.6) is 0 Å². The molecule has 1 rings (SSSR count). The van der Waals surface area contributed by atoms with Gasteiger partial charge in [-0.15, -0.1) is 0 Å². The Morgan fingerprint density at radius 1 is 1.69 bits per heavy atom. The first-order valence-electron chi connectivity index (χ1n) is 4.09. The molecule has 0 saturated carbocycles. The zero-order chi connectivity index (χ0) is 10.0. The smallest absolute Gasteiger partial charge is 0.354 e. The molecule has 0 unspecified atom stereocenters. The van der Waals surface area contributed by atoms with Gasteiger partial charge in [-0.2, -0.15) is 0 Å². The molecule has 0 radical (unpaired) electrons. The number of nitrogens with zero attached hydrogens (tertiary/aromatic N) is 1. The van der Waals surface area contributed by atoms with E-state index < -0.39 is 5.97 Å². The summed E-state index contributed by atoms with van der Waals surface area (Å²) in [6.07, 6.45) is 1.63. The lowest BCUT2D eigenvalue weighted by molar-refractivity contribution is 0.0689. The van der Waals surface area contributed by atoms with Crippen LogP contribution in [0.25, 0.3) is 0 Å². The molecule has 0 amide bonds. The molecule has 0 spiro atoms. The summed E-state index contributed by atoms with van der Waals surface area (Å²) in [6.45, 7) is 2.00. The number of aromatic amines is 1. The number of carbonyl (C=O) groups is 1. The van der Waals surface area contributed by atoms with Crippen molar-refractivity contribution in [1.82, 2.24) is 9.55 Å². The Morgan fingerprint density at radius 2 is 2.31 bits per heavy atom. The van der Waals surface area contributed by atoms with Gasteiger partial charge in [-0.05, 0) is 18.6 Å². The van der Waals surface area contributed by atoms with Gasteiger partial charge in [0.15, 0.2) is 4.77 Å². The molecule has 0 aliphatic rings. The third-order valence-corrected chi connectivity index (χ3v) is 2.31. The Balaban J connectivity index is 3.26. The van der Waals surface area contributed by atoms with Crippen molar-refractivity contribution < 1.29 is 9.90 Å². The molecule has 13 heavy (non-hydrogen) atoms. The molecular formula is C8H12N2O2S. The Morgan fingerprint density at radius 3 is 2.77 bits per heavy atom. The molecule has 0 bridgehead atoms. The maximum atomic E-state index is 10.8. The van der Waals surface area contributed by atoms with E-state index in [4.69, 9.17) is 17.3 Å². The quantitative estimate of drug-likeness (QED) is 0.730. The van der Waals surface area contributed by atoms with E-state index in [0.717, 1.165) is 18.5 Å². The normalized spacial score (nSPS) is 10.3. The second-order valence-electron chi connectivity index (χ2n) is 2.87. The fraction of sp³-hybridized carbons (Fsp3) is 0.500. The summed E-state index contributed by atoms with van der Waals surface area (Å²) < 4.78 is 2.17. The summed E-state index contributed by atoms with van der Waals surface area (Å²) in [5, 5.41) is 8.84. The van der Waals surface area contributed by atoms with Crippen molar-refractivity contribution in [1.29, 1.82) is 0 Å². The Labute approximate surface area is 81.2 Å². The molecule has 1 heterocycles. The largest absolute Gasteiger partial charge is 0.477 e. The van der Waals surface area contributed by atoms with Crippen LogP contribution in [0.4, 0.5) is 0 Å². The van der Waals surface area contributed by atoms with Crippen LogP contribution in [0.1, 0.15) is 29.5 Å². The highest BCUT2D eigenvalue weighted by atomic mass is 32.1. The zero-order valence-electron chi connectivity index (χ0n) is 7.63. The fourth-order valence-electron chi connectivity index (χ4n) is 1.26. The van der Waals surface area contributed by atoms with Crippen molar-refractivity contribution in [3.63, 3.8) is 0 Å². The first kappa shape index (κ1) is 9.98. The van der Waals surface area contributed by atoms with E-state index >= 15 is 0 Å². The van der Waals surface area contributed by atoms with Crippen molar-refractivity contribution in [2.45, 2.75) is 19.8 Å². The molecule has 0 atom stereocenters. The minimum Gasteiger partial charge on any atom is -0.477 e. The first-order valence-corrected chi connectivity index (χ1v) is 4.50. The zero-order valence-corrected chi connectivity index (χ0v) is 8.44. The Bertz CT molecular complexity index is 378. The van der Waals surface area contributed by atoms with E-state index in [-0.39, 0.29) is 5.69 Å². The highest BCUT2D eigenvalue weighted by Gasteiger charge is 2.14. The summed E-state index contributed by atoms with van der Waals surface area (Å²) in [6, 6.07) is 0. The number of carboxylic acid groups (broad SMARTS) is 1. The second kappa shape index (κ2) is 3.74. The SMILES string of the molecule is CCCc1c(C(=O)O)[nH]c(=S)n1C. The van der Waals surface area contributed by atoms with Crippen LogP contribution in [0.15, 0.2) is 0 Å². The monoisotopic (exact) mass is 200 g/mol. The third-order valence-electron chi connectivity index (χ3n) is 1.93. The number of carboxylic acids is 1. The first-order chi connectivity index (χ1) is 6.07. The van der Waals surface area contributed by atoms with Gasteiger partial charge in [-0.25, -0.2) is 4.79 Å². The summed E-state index contributed by atoms with van der Waals surface area (Å²) in [4.78, 5) is 13.4. The fourth-order valence-corrected chi connectivity index (χ4v) is 1.47. The van der Waals surface area contributed by atoms with Gasteiger partial charge in [-0.3, -0.25) is 0 Å². The average molecular weight is 200 g/mol. The van der Waals surface area contributed by atoms with Gasteiger partial charge in [0.2, 0.25) is 0 Å². The van der Waals surface area contributed by atoms with Crippen LogP contribution >= 0.6 is 12.2 Å². The number of aromatic carboxylic acids is 1. The van der Waals surface area contributed by atoms with Crippen molar-refractivity contribution in [3.05, 3.63) is 16.2 Å². The Hall–Kier alpha value is -1.10. The third kappa shape index (κ3) is 1.80. The predicted octanol–water partition coefficient (Wildman–Crippen LogP) is 1.73. The molecule has 0 saturated heterocycles. The average Bonchev–Trinajstić information content (AvgIpc) is 2.33. The van der Waals surface area contributed by atoms with Gasteiger partial charge in [-0.1, -0.05) is 13.3 Å². The minimum absolute atomic E-state index is 0.217. The van der Waals surface area contributed by atoms with E-state index in [1.54, 1.807) is 11.6 Å². The highest BCUT2D eigenvalue weighted by molar-refractivity contribution is 7.71. The molecule has 0 fully saturated rings. The van der Waals surface area contributed by atoms with Crippen molar-refractivity contribution >= 4 is 18.2 Å². The van der Waals surface area contributed by atoms with E-state index in [0.29, 0.717) is 4.77 Å². The predicted molar refractivity (Wildman–Crippen MR) is 51.6 cm³/mol. The number of nitrogens with one attached hydrogen (secondary N) is 1. The van der Waals surface area contributed by atoms with Gasteiger partial charge in [0.05, 0.1) is 5.69 Å². The lowest BCUT2D eigenvalue weighted by Crippen LogP contribution is -2.04. The van der Waals surface area contributed by atoms with Crippen LogP contribution in [0.2, 0.25) is 0 Å². The van der Waals surface area contributed by atoms with Gasteiger partial charge < -0.3 is 14.7 Å². The summed E-state index contributed by atoms with van der Waals surface area (Å²) in [5.41, 5.74) is 0.981. The van der Waals surface area contributed by atoms with Gasteiger partial charge in [0, 0.05) is 7.05 Å². The van der Waals surface area contributed by atoms with Crippen molar-refractivity contribution in [2.75, 3.05) is 0 Å². The summed E-state index contributed by atoms with van der Waals surface area (Å²) in [7, 11) is 1.77. The number of imidazole rings is 1. The van der Waals surface area contributed by atoms with Crippen LogP contribution in [0.3, 0.4) is 0 Å². The minimum atomic E-state index is -0.949. The highest BCUT2D eigenvalue weighted by Crippen LogP contribution is 2.10. The molecule has 1 aromatic rings. The van der Waals surface area contributed by atoms with Crippen molar-refractivity contribution in [3.8, 4) is 0 Å². The van der Waals surface area contributed by atoms with Crippen LogP contribution < -0.4 is 0 Å². The number of hydrogen-bond acceptors (Lipinski definition) is 2. The van der Waals surface area contributed by atoms with Gasteiger partial charge in [0.1, 0.15) is 5.69 Å². The second-order valence-corrected chi connectivity index (χ2v) is 3.25. The molecule has 0 aromatic carbocycles. The molecule has 0 aliphatic carbocycles. The van der Waals surface area contributed by atoms with E-state index in [2.05, 4.69) is 4.98 Å². The molecule has 0 aliphatic heterocycles. The number of aromatic nitrogens is 2. The van der Waals surface area contributed by atoms with Gasteiger partial charge >= 0.3 is 5.97 Å². The molecule has 1 aromatic heterocycles. The van der Waals surface area contributed by atoms with Crippen LogP contribution in [-0.2, 0) is 13.5 Å². The lowest BCUT2D eigenvalue weighted by Gasteiger charge is -2.00. The molecular weight excluding hydrogens is 188 g/mol. The van der Waals surface area contributed by atoms with Crippen LogP contribution in [0, 0.1) is 4.77 Å². The van der Waals surface area contributed by atoms with E-state index in [1.807, 2.05) is 6.92 Å². The van der Waals surface area contributed by atoms with Crippen LogP contribution in [-0.4, -0.2) is 20.6 Å². The van der Waals surface area contributed by atoms with E-state index in [1.165, 1.54) is 0 Å². The lowest BCUT2D eigenvalue weighted by atomic mass is 10.2. The number of H-pyrrole nitrogens is 1. The Kier molecular flexibility index (Phi) is 2.87. The maximum absolute atomic E-state index is 10.8. The number of rotatable bonds is 3. The molecule has 2 N–H and O–H groups in total. The topological polar surface area (TPSA) is 58.0 Å².